The molecule has 4 heterocycles. The number of rotatable bonds is 2. The van der Waals surface area contributed by atoms with Gasteiger partial charge in [0.15, 0.2) is 11.3 Å². The summed E-state index contributed by atoms with van der Waals surface area (Å²) in [5, 5.41) is 4.45. The van der Waals surface area contributed by atoms with E-state index in [9.17, 15) is 4.79 Å². The fraction of sp³-hybridized carbons (Fsp3) is 0.444. The Morgan fingerprint density at radius 3 is 2.73 bits per heavy atom. The molecule has 3 aromatic heterocycles. The number of carbonyl (C=O) groups excluding carboxylic acids is 1. The minimum atomic E-state index is -0.231. The van der Waals surface area contributed by atoms with Crippen LogP contribution in [0.15, 0.2) is 18.3 Å². The Kier molecular flexibility index (Phi) is 3.99. The zero-order valence-corrected chi connectivity index (χ0v) is 15.4. The van der Waals surface area contributed by atoms with Crippen LogP contribution in [0.3, 0.4) is 0 Å². The van der Waals surface area contributed by atoms with Crippen LogP contribution in [0.2, 0.25) is 0 Å². The second kappa shape index (κ2) is 6.21. The molecule has 1 unspecified atom stereocenters. The standard InChI is InChI=1S/C18H22N6O2/c1-11-7-13(3)24-16(19-11)8-14(21-24)18(25)23-5-6-26-15(10-23)17-20-12(2)9-22(17)4/h7-9,15H,5-6,10H2,1-4H3. The summed E-state index contributed by atoms with van der Waals surface area (Å²) in [5.74, 6) is 0.731. The monoisotopic (exact) mass is 354 g/mol. The van der Waals surface area contributed by atoms with E-state index in [4.69, 9.17) is 4.74 Å². The first kappa shape index (κ1) is 16.7. The zero-order chi connectivity index (χ0) is 18.4. The van der Waals surface area contributed by atoms with Crippen molar-refractivity contribution in [1.82, 2.24) is 29.0 Å². The largest absolute Gasteiger partial charge is 0.367 e. The van der Waals surface area contributed by atoms with Gasteiger partial charge in [0, 0.05) is 37.2 Å². The van der Waals surface area contributed by atoms with Gasteiger partial charge in [0.25, 0.3) is 5.91 Å². The number of morpholine rings is 1. The van der Waals surface area contributed by atoms with Gasteiger partial charge in [-0.25, -0.2) is 14.5 Å². The van der Waals surface area contributed by atoms with Crippen molar-refractivity contribution in [3.63, 3.8) is 0 Å². The number of carbonyl (C=O) groups is 1. The summed E-state index contributed by atoms with van der Waals surface area (Å²) >= 11 is 0. The maximum atomic E-state index is 13.0. The van der Waals surface area contributed by atoms with E-state index in [1.54, 1.807) is 15.5 Å². The van der Waals surface area contributed by atoms with Crippen molar-refractivity contribution in [3.8, 4) is 0 Å². The molecule has 1 aliphatic rings. The molecule has 0 saturated carbocycles. The van der Waals surface area contributed by atoms with Gasteiger partial charge in [0.2, 0.25) is 0 Å². The fourth-order valence-corrected chi connectivity index (χ4v) is 3.48. The Morgan fingerprint density at radius 2 is 2.00 bits per heavy atom. The van der Waals surface area contributed by atoms with Crippen LogP contribution in [-0.4, -0.2) is 54.7 Å². The van der Waals surface area contributed by atoms with E-state index in [1.807, 2.05) is 44.6 Å². The average molecular weight is 354 g/mol. The highest BCUT2D eigenvalue weighted by atomic mass is 16.5. The van der Waals surface area contributed by atoms with Gasteiger partial charge in [-0.1, -0.05) is 0 Å². The topological polar surface area (TPSA) is 77.6 Å². The molecule has 1 saturated heterocycles. The highest BCUT2D eigenvalue weighted by Crippen LogP contribution is 2.22. The molecule has 0 aromatic carbocycles. The van der Waals surface area contributed by atoms with Gasteiger partial charge >= 0.3 is 0 Å². The molecule has 3 aromatic rings. The number of amides is 1. The molecule has 1 amide bonds. The van der Waals surface area contributed by atoms with Gasteiger partial charge < -0.3 is 14.2 Å². The van der Waals surface area contributed by atoms with Gasteiger partial charge in [0.1, 0.15) is 11.9 Å². The Hall–Kier alpha value is -2.74. The minimum absolute atomic E-state index is 0.105. The molecule has 0 aliphatic carbocycles. The maximum absolute atomic E-state index is 13.0. The second-order valence-electron chi connectivity index (χ2n) is 6.80. The molecular formula is C18H22N6O2. The third-order valence-electron chi connectivity index (χ3n) is 4.63. The van der Waals surface area contributed by atoms with Crippen LogP contribution in [0.5, 0.6) is 0 Å². The van der Waals surface area contributed by atoms with Crippen LogP contribution in [0, 0.1) is 20.8 Å². The highest BCUT2D eigenvalue weighted by molar-refractivity contribution is 5.93. The smallest absolute Gasteiger partial charge is 0.274 e. The minimum Gasteiger partial charge on any atom is -0.367 e. The van der Waals surface area contributed by atoms with E-state index in [2.05, 4.69) is 15.1 Å². The summed E-state index contributed by atoms with van der Waals surface area (Å²) in [6, 6.07) is 3.69. The van der Waals surface area contributed by atoms with Crippen molar-refractivity contribution in [2.45, 2.75) is 26.9 Å². The number of imidazole rings is 1. The first-order valence-corrected chi connectivity index (χ1v) is 8.67. The predicted molar refractivity (Wildman–Crippen MR) is 95.0 cm³/mol. The van der Waals surface area contributed by atoms with Crippen LogP contribution < -0.4 is 0 Å². The zero-order valence-electron chi connectivity index (χ0n) is 15.4. The Morgan fingerprint density at radius 1 is 1.19 bits per heavy atom. The predicted octanol–water partition coefficient (Wildman–Crippen LogP) is 1.60. The summed E-state index contributed by atoms with van der Waals surface area (Å²) in [5.41, 5.74) is 3.89. The van der Waals surface area contributed by atoms with Crippen LogP contribution in [0.1, 0.15) is 39.5 Å². The van der Waals surface area contributed by atoms with E-state index < -0.39 is 0 Å². The Labute approximate surface area is 151 Å². The molecule has 1 atom stereocenters. The van der Waals surface area contributed by atoms with E-state index in [1.165, 1.54) is 0 Å². The molecule has 0 spiro atoms. The molecule has 26 heavy (non-hydrogen) atoms. The normalized spacial score (nSPS) is 17.8. The lowest BCUT2D eigenvalue weighted by Gasteiger charge is -2.32. The molecular weight excluding hydrogens is 332 g/mol. The third-order valence-corrected chi connectivity index (χ3v) is 4.63. The number of hydrogen-bond donors (Lipinski definition) is 0. The average Bonchev–Trinajstić information content (AvgIpc) is 3.17. The van der Waals surface area contributed by atoms with Crippen molar-refractivity contribution >= 4 is 11.6 Å². The molecule has 8 heteroatoms. The quantitative estimate of drug-likeness (QED) is 0.699. The molecule has 0 bridgehead atoms. The van der Waals surface area contributed by atoms with Crippen molar-refractivity contribution in [1.29, 1.82) is 0 Å². The van der Waals surface area contributed by atoms with Crippen molar-refractivity contribution in [2.24, 2.45) is 7.05 Å². The summed E-state index contributed by atoms with van der Waals surface area (Å²) in [6.07, 6.45) is 1.73. The molecule has 1 aliphatic heterocycles. The Balaban J connectivity index is 1.60. The summed E-state index contributed by atoms with van der Waals surface area (Å²) in [7, 11) is 1.94. The number of aromatic nitrogens is 5. The van der Waals surface area contributed by atoms with Crippen molar-refractivity contribution in [3.05, 3.63) is 46.9 Å². The van der Waals surface area contributed by atoms with Crippen LogP contribution in [-0.2, 0) is 11.8 Å². The molecule has 4 rings (SSSR count). The number of ether oxygens (including phenoxy) is 1. The van der Waals surface area contributed by atoms with Crippen molar-refractivity contribution in [2.75, 3.05) is 19.7 Å². The highest BCUT2D eigenvalue weighted by Gasteiger charge is 2.30. The number of hydrogen-bond acceptors (Lipinski definition) is 5. The van der Waals surface area contributed by atoms with Gasteiger partial charge in [-0.3, -0.25) is 4.79 Å². The fourth-order valence-electron chi connectivity index (χ4n) is 3.48. The van der Waals surface area contributed by atoms with Crippen LogP contribution in [0.25, 0.3) is 5.65 Å². The van der Waals surface area contributed by atoms with E-state index in [0.29, 0.717) is 31.0 Å². The number of fused-ring (bicyclic) bond motifs is 1. The summed E-state index contributed by atoms with van der Waals surface area (Å²) in [4.78, 5) is 23.7. The lowest BCUT2D eigenvalue weighted by molar-refractivity contribution is -0.0281. The van der Waals surface area contributed by atoms with Crippen LogP contribution in [0.4, 0.5) is 0 Å². The van der Waals surface area contributed by atoms with Gasteiger partial charge in [0.05, 0.1) is 18.8 Å². The first-order chi connectivity index (χ1) is 12.4. The maximum Gasteiger partial charge on any atom is 0.274 e. The SMILES string of the molecule is Cc1cn(C)c(C2CN(C(=O)c3cc4nc(C)cc(C)n4n3)CCO2)n1. The van der Waals surface area contributed by atoms with E-state index in [0.717, 1.165) is 22.9 Å². The number of aryl methyl sites for hydroxylation is 4. The van der Waals surface area contributed by atoms with Gasteiger partial charge in [-0.05, 0) is 26.8 Å². The van der Waals surface area contributed by atoms with Crippen molar-refractivity contribution < 1.29 is 9.53 Å². The Bertz CT molecular complexity index is 989. The molecule has 1 fully saturated rings. The van der Waals surface area contributed by atoms with Crippen LogP contribution >= 0.6 is 0 Å². The first-order valence-electron chi connectivity index (χ1n) is 8.67. The summed E-state index contributed by atoms with van der Waals surface area (Å²) in [6.45, 7) is 7.32. The molecule has 0 N–H and O–H groups in total. The van der Waals surface area contributed by atoms with E-state index >= 15 is 0 Å². The number of nitrogens with zero attached hydrogens (tertiary/aromatic N) is 6. The third kappa shape index (κ3) is 2.86. The van der Waals surface area contributed by atoms with E-state index in [-0.39, 0.29) is 12.0 Å². The molecule has 8 nitrogen and oxygen atoms in total. The summed E-state index contributed by atoms with van der Waals surface area (Å²) < 4.78 is 9.51. The van der Waals surface area contributed by atoms with Gasteiger partial charge in [-0.15, -0.1) is 0 Å². The van der Waals surface area contributed by atoms with Gasteiger partial charge in [-0.2, -0.15) is 5.10 Å². The molecule has 136 valence electrons. The lowest BCUT2D eigenvalue weighted by Crippen LogP contribution is -2.43. The molecule has 0 radical (unpaired) electrons. The second-order valence-corrected chi connectivity index (χ2v) is 6.80. The lowest BCUT2D eigenvalue weighted by atomic mass is 10.2.